The molecule has 1 rings (SSSR count). The number of likely N-dealkylation sites (N-methyl/N-ethyl adjacent to an activating group) is 1. The van der Waals surface area contributed by atoms with E-state index < -0.39 is 0 Å². The highest BCUT2D eigenvalue weighted by Gasteiger charge is 2.18. The van der Waals surface area contributed by atoms with Crippen LogP contribution in [0.5, 0.6) is 0 Å². The van der Waals surface area contributed by atoms with Crippen molar-refractivity contribution in [3.63, 3.8) is 0 Å². The standard InChI is InChI=1S/C17H31N3O/c1-6-10-16(21-9-4)17-19-14(7-2)13(11-12-18-5)15(8-3)20-17/h16,18H,6-12H2,1-5H3. The Kier molecular flexibility index (Phi) is 8.47. The lowest BCUT2D eigenvalue weighted by Crippen LogP contribution is -2.18. The van der Waals surface area contributed by atoms with Crippen molar-refractivity contribution >= 4 is 0 Å². The van der Waals surface area contributed by atoms with Crippen molar-refractivity contribution in [1.29, 1.82) is 0 Å². The summed E-state index contributed by atoms with van der Waals surface area (Å²) < 4.78 is 5.85. The summed E-state index contributed by atoms with van der Waals surface area (Å²) in [7, 11) is 1.98. The third-order valence-corrected chi connectivity index (χ3v) is 3.70. The van der Waals surface area contributed by atoms with Gasteiger partial charge in [-0.05, 0) is 51.8 Å². The maximum absolute atomic E-state index is 5.85. The summed E-state index contributed by atoms with van der Waals surface area (Å²) in [6.07, 6.45) is 5.00. The van der Waals surface area contributed by atoms with Gasteiger partial charge in [0, 0.05) is 18.0 Å². The van der Waals surface area contributed by atoms with E-state index in [0.717, 1.165) is 44.5 Å². The Bertz CT molecular complexity index is 389. The first-order valence-electron chi connectivity index (χ1n) is 8.36. The fourth-order valence-corrected chi connectivity index (χ4v) is 2.62. The van der Waals surface area contributed by atoms with E-state index >= 15 is 0 Å². The van der Waals surface area contributed by atoms with Crippen molar-refractivity contribution in [2.75, 3.05) is 20.2 Å². The number of aromatic nitrogens is 2. The van der Waals surface area contributed by atoms with Gasteiger partial charge in [-0.15, -0.1) is 0 Å². The smallest absolute Gasteiger partial charge is 0.157 e. The van der Waals surface area contributed by atoms with E-state index in [1.54, 1.807) is 0 Å². The molecular weight excluding hydrogens is 262 g/mol. The molecule has 0 amide bonds. The lowest BCUT2D eigenvalue weighted by Gasteiger charge is -2.19. The van der Waals surface area contributed by atoms with Crippen LogP contribution in [0.25, 0.3) is 0 Å². The first-order valence-corrected chi connectivity index (χ1v) is 8.36. The Balaban J connectivity index is 3.16. The van der Waals surface area contributed by atoms with Gasteiger partial charge < -0.3 is 10.1 Å². The van der Waals surface area contributed by atoms with Crippen LogP contribution < -0.4 is 5.32 Å². The highest BCUT2D eigenvalue weighted by atomic mass is 16.5. The van der Waals surface area contributed by atoms with Crippen molar-refractivity contribution in [2.45, 2.75) is 65.9 Å². The summed E-state index contributed by atoms with van der Waals surface area (Å²) in [5.74, 6) is 0.876. The summed E-state index contributed by atoms with van der Waals surface area (Å²) in [6, 6.07) is 0. The van der Waals surface area contributed by atoms with E-state index in [-0.39, 0.29) is 6.10 Å². The lowest BCUT2D eigenvalue weighted by molar-refractivity contribution is 0.0490. The quantitative estimate of drug-likeness (QED) is 0.719. The molecule has 1 aromatic heterocycles. The minimum absolute atomic E-state index is 0.0361. The molecule has 0 fully saturated rings. The molecule has 0 bridgehead atoms. The van der Waals surface area contributed by atoms with Crippen LogP contribution in [-0.4, -0.2) is 30.2 Å². The molecule has 0 radical (unpaired) electrons. The van der Waals surface area contributed by atoms with Crippen LogP contribution in [0.15, 0.2) is 0 Å². The molecule has 1 unspecified atom stereocenters. The van der Waals surface area contributed by atoms with Gasteiger partial charge in [0.05, 0.1) is 0 Å². The van der Waals surface area contributed by atoms with E-state index in [9.17, 15) is 0 Å². The largest absolute Gasteiger partial charge is 0.371 e. The number of hydrogen-bond acceptors (Lipinski definition) is 4. The van der Waals surface area contributed by atoms with E-state index in [1.165, 1.54) is 17.0 Å². The number of nitrogens with zero attached hydrogens (tertiary/aromatic N) is 2. The molecule has 4 heteroatoms. The maximum atomic E-state index is 5.85. The molecule has 0 aliphatic heterocycles. The zero-order chi connectivity index (χ0) is 15.7. The second-order valence-corrected chi connectivity index (χ2v) is 5.25. The Morgan fingerprint density at radius 1 is 1.05 bits per heavy atom. The van der Waals surface area contributed by atoms with Crippen LogP contribution in [0.1, 0.15) is 69.4 Å². The minimum atomic E-state index is 0.0361. The van der Waals surface area contributed by atoms with Gasteiger partial charge >= 0.3 is 0 Å². The van der Waals surface area contributed by atoms with E-state index in [1.807, 2.05) is 14.0 Å². The topological polar surface area (TPSA) is 47.0 Å². The molecule has 1 heterocycles. The summed E-state index contributed by atoms with van der Waals surface area (Å²) in [6.45, 7) is 10.2. The number of ether oxygens (including phenoxy) is 1. The lowest BCUT2D eigenvalue weighted by atomic mass is 10.0. The predicted octanol–water partition coefficient (Wildman–Crippen LogP) is 3.24. The highest BCUT2D eigenvalue weighted by Crippen LogP contribution is 2.23. The van der Waals surface area contributed by atoms with Crippen LogP contribution in [0.3, 0.4) is 0 Å². The fraction of sp³-hybridized carbons (Fsp3) is 0.765. The van der Waals surface area contributed by atoms with Crippen molar-refractivity contribution in [3.8, 4) is 0 Å². The maximum Gasteiger partial charge on any atom is 0.157 e. The van der Waals surface area contributed by atoms with Crippen LogP contribution in [0.2, 0.25) is 0 Å². The second kappa shape index (κ2) is 9.85. The highest BCUT2D eigenvalue weighted by molar-refractivity contribution is 5.27. The summed E-state index contributed by atoms with van der Waals surface area (Å²) >= 11 is 0. The zero-order valence-corrected chi connectivity index (χ0v) is 14.3. The predicted molar refractivity (Wildman–Crippen MR) is 87.7 cm³/mol. The molecule has 120 valence electrons. The van der Waals surface area contributed by atoms with Crippen LogP contribution in [0.4, 0.5) is 0 Å². The Morgan fingerprint density at radius 2 is 1.67 bits per heavy atom. The number of hydrogen-bond donors (Lipinski definition) is 1. The van der Waals surface area contributed by atoms with Crippen molar-refractivity contribution in [1.82, 2.24) is 15.3 Å². The Hall–Kier alpha value is -1.00. The van der Waals surface area contributed by atoms with Gasteiger partial charge in [-0.1, -0.05) is 27.2 Å². The molecule has 21 heavy (non-hydrogen) atoms. The van der Waals surface area contributed by atoms with Gasteiger partial charge in [-0.2, -0.15) is 0 Å². The number of aryl methyl sites for hydroxylation is 2. The fourth-order valence-electron chi connectivity index (χ4n) is 2.62. The average Bonchev–Trinajstić information content (AvgIpc) is 2.51. The molecule has 0 spiro atoms. The number of rotatable bonds is 10. The molecule has 4 nitrogen and oxygen atoms in total. The molecule has 1 atom stereocenters. The van der Waals surface area contributed by atoms with Crippen molar-refractivity contribution in [2.24, 2.45) is 0 Å². The summed E-state index contributed by atoms with van der Waals surface area (Å²) in [5, 5.41) is 3.22. The zero-order valence-electron chi connectivity index (χ0n) is 14.3. The van der Waals surface area contributed by atoms with E-state index in [0.29, 0.717) is 6.61 Å². The normalized spacial score (nSPS) is 12.6. The Morgan fingerprint density at radius 3 is 2.10 bits per heavy atom. The SMILES string of the molecule is CCCC(OCC)c1nc(CC)c(CCNC)c(CC)n1. The monoisotopic (exact) mass is 293 g/mol. The van der Waals surface area contributed by atoms with E-state index in [4.69, 9.17) is 14.7 Å². The third kappa shape index (κ3) is 5.04. The molecule has 0 aliphatic carbocycles. The van der Waals surface area contributed by atoms with Gasteiger partial charge in [0.15, 0.2) is 5.82 Å². The molecule has 1 aromatic rings. The Labute approximate surface area is 129 Å². The van der Waals surface area contributed by atoms with Crippen LogP contribution >= 0.6 is 0 Å². The first-order chi connectivity index (χ1) is 10.2. The minimum Gasteiger partial charge on any atom is -0.371 e. The van der Waals surface area contributed by atoms with Crippen molar-refractivity contribution < 1.29 is 4.74 Å². The van der Waals surface area contributed by atoms with Gasteiger partial charge in [0.1, 0.15) is 6.10 Å². The molecular formula is C17H31N3O. The molecule has 0 saturated carbocycles. The molecule has 0 aromatic carbocycles. The van der Waals surface area contributed by atoms with Crippen LogP contribution in [-0.2, 0) is 24.0 Å². The molecule has 1 N–H and O–H groups in total. The van der Waals surface area contributed by atoms with Crippen molar-refractivity contribution in [3.05, 3.63) is 22.8 Å². The molecule has 0 aliphatic rings. The number of nitrogens with one attached hydrogen (secondary N) is 1. The van der Waals surface area contributed by atoms with Gasteiger partial charge in [0.2, 0.25) is 0 Å². The van der Waals surface area contributed by atoms with E-state index in [2.05, 4.69) is 26.1 Å². The summed E-state index contributed by atoms with van der Waals surface area (Å²) in [5.41, 5.74) is 3.70. The molecule has 0 saturated heterocycles. The second-order valence-electron chi connectivity index (χ2n) is 5.25. The third-order valence-electron chi connectivity index (χ3n) is 3.70. The van der Waals surface area contributed by atoms with Gasteiger partial charge in [-0.25, -0.2) is 9.97 Å². The first kappa shape index (κ1) is 18.1. The average molecular weight is 293 g/mol. The van der Waals surface area contributed by atoms with Gasteiger partial charge in [0.25, 0.3) is 0 Å². The van der Waals surface area contributed by atoms with Gasteiger partial charge in [-0.3, -0.25) is 0 Å². The summed E-state index contributed by atoms with van der Waals surface area (Å²) in [4.78, 5) is 9.65. The van der Waals surface area contributed by atoms with Crippen LogP contribution in [0, 0.1) is 0 Å².